The standard InChI is InChI=1S/C23H24N2O7S/c1-14(15-7-8-19-20(13-15)32-11-10-31-19)24-21(26)18(9-12-33(2,29)30)25-22(27)16-5-3-4-6-17(16)23(25)28/h3-8,13-14,18H,9-12H2,1-2H3,(H,24,26). The van der Waals surface area contributed by atoms with Gasteiger partial charge in [0.05, 0.1) is 22.9 Å². The molecular weight excluding hydrogens is 448 g/mol. The summed E-state index contributed by atoms with van der Waals surface area (Å²) in [5.41, 5.74) is 1.12. The molecule has 0 fully saturated rings. The van der Waals surface area contributed by atoms with Gasteiger partial charge in [-0.2, -0.15) is 0 Å². The number of carbonyl (C=O) groups is 3. The smallest absolute Gasteiger partial charge is 0.262 e. The molecule has 33 heavy (non-hydrogen) atoms. The summed E-state index contributed by atoms with van der Waals surface area (Å²) in [7, 11) is -3.44. The van der Waals surface area contributed by atoms with E-state index in [1.165, 1.54) is 12.1 Å². The summed E-state index contributed by atoms with van der Waals surface area (Å²) in [6.45, 7) is 2.63. The van der Waals surface area contributed by atoms with Crippen molar-refractivity contribution >= 4 is 27.6 Å². The first-order valence-electron chi connectivity index (χ1n) is 10.5. The molecule has 4 rings (SSSR count). The zero-order valence-corrected chi connectivity index (χ0v) is 19.1. The summed E-state index contributed by atoms with van der Waals surface area (Å²) in [5.74, 6) is -1.02. The van der Waals surface area contributed by atoms with E-state index >= 15 is 0 Å². The molecule has 0 saturated heterocycles. The van der Waals surface area contributed by atoms with Crippen LogP contribution < -0.4 is 14.8 Å². The molecule has 2 aromatic carbocycles. The minimum Gasteiger partial charge on any atom is -0.486 e. The van der Waals surface area contributed by atoms with Gasteiger partial charge in [-0.3, -0.25) is 19.3 Å². The van der Waals surface area contributed by atoms with Gasteiger partial charge in [-0.25, -0.2) is 8.42 Å². The normalized spacial score (nSPS) is 16.8. The molecule has 2 aromatic rings. The molecular formula is C23H24N2O7S. The van der Waals surface area contributed by atoms with E-state index in [4.69, 9.17) is 9.47 Å². The Hall–Kier alpha value is -3.40. The van der Waals surface area contributed by atoms with Crippen LogP contribution in [0.15, 0.2) is 42.5 Å². The van der Waals surface area contributed by atoms with Crippen LogP contribution in [0.25, 0.3) is 0 Å². The first-order valence-corrected chi connectivity index (χ1v) is 12.6. The first-order chi connectivity index (χ1) is 15.7. The molecule has 174 valence electrons. The Morgan fingerprint density at radius 2 is 1.64 bits per heavy atom. The van der Waals surface area contributed by atoms with E-state index in [2.05, 4.69) is 5.32 Å². The Morgan fingerprint density at radius 3 is 2.24 bits per heavy atom. The third kappa shape index (κ3) is 4.70. The van der Waals surface area contributed by atoms with Gasteiger partial charge in [0.15, 0.2) is 11.5 Å². The number of imide groups is 1. The number of nitrogens with zero attached hydrogens (tertiary/aromatic N) is 1. The van der Waals surface area contributed by atoms with Crippen molar-refractivity contribution < 1.29 is 32.3 Å². The molecule has 2 unspecified atom stereocenters. The molecule has 2 aliphatic rings. The molecule has 2 heterocycles. The number of amides is 3. The lowest BCUT2D eigenvalue weighted by Gasteiger charge is -2.27. The fourth-order valence-electron chi connectivity index (χ4n) is 3.92. The van der Waals surface area contributed by atoms with Crippen LogP contribution in [0, 0.1) is 0 Å². The highest BCUT2D eigenvalue weighted by molar-refractivity contribution is 7.90. The molecule has 1 N–H and O–H groups in total. The minimum absolute atomic E-state index is 0.194. The van der Waals surface area contributed by atoms with Crippen LogP contribution in [-0.4, -0.2) is 62.3 Å². The van der Waals surface area contributed by atoms with Crippen molar-refractivity contribution in [1.82, 2.24) is 10.2 Å². The van der Waals surface area contributed by atoms with Crippen LogP contribution in [0.3, 0.4) is 0 Å². The quantitative estimate of drug-likeness (QED) is 0.610. The van der Waals surface area contributed by atoms with E-state index in [0.717, 1.165) is 16.7 Å². The molecule has 2 aliphatic heterocycles. The number of carbonyl (C=O) groups excluding carboxylic acids is 3. The number of hydrogen-bond donors (Lipinski definition) is 1. The molecule has 10 heteroatoms. The minimum atomic E-state index is -3.44. The van der Waals surface area contributed by atoms with E-state index in [9.17, 15) is 22.8 Å². The SMILES string of the molecule is CC(NC(=O)C(CCS(C)(=O)=O)N1C(=O)c2ccccc2C1=O)c1ccc2c(c1)OCCO2. The van der Waals surface area contributed by atoms with Gasteiger partial charge in [0.1, 0.15) is 29.1 Å². The highest BCUT2D eigenvalue weighted by atomic mass is 32.2. The number of benzene rings is 2. The number of nitrogens with one attached hydrogen (secondary N) is 1. The largest absolute Gasteiger partial charge is 0.486 e. The van der Waals surface area contributed by atoms with Crippen LogP contribution in [0.4, 0.5) is 0 Å². The number of sulfone groups is 1. The molecule has 0 radical (unpaired) electrons. The van der Waals surface area contributed by atoms with Gasteiger partial charge in [0.25, 0.3) is 11.8 Å². The molecule has 2 atom stereocenters. The van der Waals surface area contributed by atoms with Gasteiger partial charge in [-0.1, -0.05) is 18.2 Å². The van der Waals surface area contributed by atoms with Crippen molar-refractivity contribution in [3.63, 3.8) is 0 Å². The van der Waals surface area contributed by atoms with Gasteiger partial charge in [0, 0.05) is 6.26 Å². The Balaban J connectivity index is 1.58. The second-order valence-electron chi connectivity index (χ2n) is 8.09. The van der Waals surface area contributed by atoms with Gasteiger partial charge in [0.2, 0.25) is 5.91 Å². The van der Waals surface area contributed by atoms with Crippen LogP contribution in [0.1, 0.15) is 45.7 Å². The summed E-state index contributed by atoms with van der Waals surface area (Å²) in [6, 6.07) is 9.80. The van der Waals surface area contributed by atoms with Crippen molar-refractivity contribution in [3.05, 3.63) is 59.2 Å². The first kappa shape index (κ1) is 22.8. The van der Waals surface area contributed by atoms with Crippen LogP contribution in [0.5, 0.6) is 11.5 Å². The lowest BCUT2D eigenvalue weighted by Crippen LogP contribution is -2.50. The molecule has 0 spiro atoms. The molecule has 0 aliphatic carbocycles. The number of fused-ring (bicyclic) bond motifs is 2. The second kappa shape index (κ2) is 8.86. The highest BCUT2D eigenvalue weighted by Crippen LogP contribution is 2.33. The number of rotatable bonds is 7. The summed E-state index contributed by atoms with van der Waals surface area (Å²) >= 11 is 0. The summed E-state index contributed by atoms with van der Waals surface area (Å²) in [5, 5.41) is 2.81. The molecule has 3 amide bonds. The molecule has 0 bridgehead atoms. The predicted octanol–water partition coefficient (Wildman–Crippen LogP) is 1.73. The molecule has 9 nitrogen and oxygen atoms in total. The van der Waals surface area contributed by atoms with Crippen molar-refractivity contribution in [2.24, 2.45) is 0 Å². The third-order valence-corrected chi connectivity index (χ3v) is 6.60. The fourth-order valence-corrected chi connectivity index (χ4v) is 4.57. The van der Waals surface area contributed by atoms with E-state index in [1.54, 1.807) is 37.3 Å². The Kier molecular flexibility index (Phi) is 6.11. The van der Waals surface area contributed by atoms with E-state index in [1.807, 2.05) is 0 Å². The topological polar surface area (TPSA) is 119 Å². The maximum atomic E-state index is 13.3. The predicted molar refractivity (Wildman–Crippen MR) is 119 cm³/mol. The van der Waals surface area contributed by atoms with E-state index in [0.29, 0.717) is 24.7 Å². The fraction of sp³-hybridized carbons (Fsp3) is 0.348. The third-order valence-electron chi connectivity index (χ3n) is 5.63. The van der Waals surface area contributed by atoms with Crippen LogP contribution in [-0.2, 0) is 14.6 Å². The van der Waals surface area contributed by atoms with Gasteiger partial charge in [-0.05, 0) is 43.2 Å². The van der Waals surface area contributed by atoms with Crippen LogP contribution >= 0.6 is 0 Å². The van der Waals surface area contributed by atoms with Gasteiger partial charge >= 0.3 is 0 Å². The maximum Gasteiger partial charge on any atom is 0.262 e. The Bertz CT molecular complexity index is 1190. The lowest BCUT2D eigenvalue weighted by atomic mass is 10.1. The van der Waals surface area contributed by atoms with Crippen molar-refractivity contribution in [2.75, 3.05) is 25.2 Å². The summed E-state index contributed by atoms with van der Waals surface area (Å²) in [6.07, 6.45) is 0.839. The molecule has 0 aromatic heterocycles. The zero-order chi connectivity index (χ0) is 23.8. The zero-order valence-electron chi connectivity index (χ0n) is 18.2. The Morgan fingerprint density at radius 1 is 1.03 bits per heavy atom. The van der Waals surface area contributed by atoms with E-state index in [-0.39, 0.29) is 23.3 Å². The average molecular weight is 473 g/mol. The van der Waals surface area contributed by atoms with E-state index < -0.39 is 39.6 Å². The Labute approximate surface area is 191 Å². The summed E-state index contributed by atoms with van der Waals surface area (Å²) in [4.78, 5) is 40.0. The van der Waals surface area contributed by atoms with Gasteiger partial charge < -0.3 is 14.8 Å². The molecule has 0 saturated carbocycles. The number of hydrogen-bond acceptors (Lipinski definition) is 7. The summed E-state index contributed by atoms with van der Waals surface area (Å²) < 4.78 is 34.7. The monoisotopic (exact) mass is 472 g/mol. The number of ether oxygens (including phenoxy) is 2. The van der Waals surface area contributed by atoms with Crippen LogP contribution in [0.2, 0.25) is 0 Å². The highest BCUT2D eigenvalue weighted by Gasteiger charge is 2.43. The maximum absolute atomic E-state index is 13.3. The van der Waals surface area contributed by atoms with Crippen molar-refractivity contribution in [1.29, 1.82) is 0 Å². The lowest BCUT2D eigenvalue weighted by molar-refractivity contribution is -0.125. The average Bonchev–Trinajstić information content (AvgIpc) is 3.03. The van der Waals surface area contributed by atoms with Crippen molar-refractivity contribution in [2.45, 2.75) is 25.4 Å². The van der Waals surface area contributed by atoms with Gasteiger partial charge in [-0.15, -0.1) is 0 Å². The van der Waals surface area contributed by atoms with Crippen molar-refractivity contribution in [3.8, 4) is 11.5 Å². The second-order valence-corrected chi connectivity index (χ2v) is 10.4.